The van der Waals surface area contributed by atoms with E-state index in [2.05, 4.69) is 0 Å². The molecule has 0 atom stereocenters. The Bertz CT molecular complexity index is 467. The van der Waals surface area contributed by atoms with Crippen LogP contribution in [0.5, 0.6) is 5.75 Å². The minimum absolute atomic E-state index is 0.297. The van der Waals surface area contributed by atoms with Gasteiger partial charge < -0.3 is 14.0 Å². The van der Waals surface area contributed by atoms with Crippen LogP contribution in [0.4, 0.5) is 0 Å². The molecule has 17 heavy (non-hydrogen) atoms. The van der Waals surface area contributed by atoms with E-state index in [9.17, 15) is 0 Å². The van der Waals surface area contributed by atoms with Crippen LogP contribution in [0.2, 0.25) is 0 Å². The quantitative estimate of drug-likeness (QED) is 0.736. The van der Waals surface area contributed by atoms with Gasteiger partial charge in [-0.05, 0) is 45.3 Å². The van der Waals surface area contributed by atoms with E-state index in [4.69, 9.17) is 18.2 Å². The monoisotopic (exact) mass is 237 g/mol. The van der Waals surface area contributed by atoms with Crippen LogP contribution in [0.15, 0.2) is 24.3 Å². The van der Waals surface area contributed by atoms with E-state index in [1.165, 1.54) is 0 Å². The second-order valence-electron chi connectivity index (χ2n) is 5.26. The van der Waals surface area contributed by atoms with Crippen LogP contribution in [0, 0.1) is 0 Å². The Labute approximate surface area is 107 Å². The van der Waals surface area contributed by atoms with Gasteiger partial charge in [-0.2, -0.15) is 0 Å². The number of hydrogen-bond acceptors (Lipinski definition) is 3. The molecule has 0 unspecified atom stereocenters. The van der Waals surface area contributed by atoms with E-state index in [-0.39, 0.29) is 0 Å². The predicted molar refractivity (Wildman–Crippen MR) is 68.7 cm³/mol. The van der Waals surface area contributed by atoms with E-state index in [1.54, 1.807) is 24.3 Å². The molecule has 4 heteroatoms. The molecule has 1 aliphatic heterocycles. The van der Waals surface area contributed by atoms with Gasteiger partial charge >= 0.3 is 7.12 Å². The Morgan fingerprint density at radius 1 is 1.06 bits per heavy atom. The van der Waals surface area contributed by atoms with Crippen molar-refractivity contribution in [2.75, 3.05) is 7.04 Å². The molecule has 0 spiro atoms. The molecule has 0 saturated carbocycles. The Kier molecular flexibility index (Phi) is 2.14. The van der Waals surface area contributed by atoms with Crippen molar-refractivity contribution in [2.24, 2.45) is 0 Å². The Morgan fingerprint density at radius 3 is 2.06 bits per heavy atom. The maximum atomic E-state index is 7.06. The average Bonchev–Trinajstić information content (AvgIpc) is 2.47. The van der Waals surface area contributed by atoms with Crippen LogP contribution in [0.25, 0.3) is 0 Å². The first-order valence-electron chi connectivity index (χ1n) is 7.15. The normalized spacial score (nSPS) is 24.9. The lowest BCUT2D eigenvalue weighted by atomic mass is 9.79. The first-order valence-corrected chi connectivity index (χ1v) is 5.65. The number of rotatable bonds is 2. The molecule has 1 aliphatic rings. The number of methoxy groups -OCH3 is 1. The molecule has 0 bridgehead atoms. The van der Waals surface area contributed by atoms with Gasteiger partial charge in [-0.15, -0.1) is 0 Å². The molecular formula is C13H19BO3. The van der Waals surface area contributed by atoms with Crippen LogP contribution in [-0.4, -0.2) is 25.4 Å². The van der Waals surface area contributed by atoms with Crippen LogP contribution < -0.4 is 10.2 Å². The summed E-state index contributed by atoms with van der Waals surface area (Å²) in [6.07, 6.45) is 0. The SMILES string of the molecule is [2H]C([2H])([2H])Oc1ccc(B2OC(C)(C)C(C)(C)O2)cc1. The van der Waals surface area contributed by atoms with Gasteiger partial charge in [-0.3, -0.25) is 0 Å². The van der Waals surface area contributed by atoms with Crippen molar-refractivity contribution in [3.8, 4) is 5.75 Å². The average molecular weight is 237 g/mol. The topological polar surface area (TPSA) is 27.7 Å². The molecule has 0 aliphatic carbocycles. The highest BCUT2D eigenvalue weighted by molar-refractivity contribution is 6.62. The molecule has 0 radical (unpaired) electrons. The zero-order chi connectivity index (χ0) is 15.2. The highest BCUT2D eigenvalue weighted by Gasteiger charge is 2.51. The molecule has 2 rings (SSSR count). The van der Waals surface area contributed by atoms with Crippen LogP contribution in [0.3, 0.4) is 0 Å². The Balaban J connectivity index is 2.12. The third-order valence-corrected chi connectivity index (χ3v) is 3.52. The van der Waals surface area contributed by atoms with Crippen molar-refractivity contribution in [1.29, 1.82) is 0 Å². The first kappa shape index (κ1) is 9.00. The fourth-order valence-electron chi connectivity index (χ4n) is 1.67. The van der Waals surface area contributed by atoms with Crippen molar-refractivity contribution >= 4 is 12.6 Å². The van der Waals surface area contributed by atoms with Gasteiger partial charge in [0.05, 0.1) is 22.4 Å². The summed E-state index contributed by atoms with van der Waals surface area (Å²) in [4.78, 5) is 0. The van der Waals surface area contributed by atoms with Crippen LogP contribution in [0.1, 0.15) is 31.8 Å². The van der Waals surface area contributed by atoms with E-state index < -0.39 is 25.4 Å². The van der Waals surface area contributed by atoms with Crippen molar-refractivity contribution in [3.05, 3.63) is 24.3 Å². The summed E-state index contributed by atoms with van der Waals surface area (Å²) < 4.78 is 37.8. The van der Waals surface area contributed by atoms with Gasteiger partial charge in [-0.1, -0.05) is 12.1 Å². The third kappa shape index (κ3) is 2.19. The lowest BCUT2D eigenvalue weighted by molar-refractivity contribution is 0.00578. The van der Waals surface area contributed by atoms with Crippen LogP contribution >= 0.6 is 0 Å². The lowest BCUT2D eigenvalue weighted by Gasteiger charge is -2.32. The van der Waals surface area contributed by atoms with Gasteiger partial charge in [0.25, 0.3) is 0 Å². The smallest absolute Gasteiger partial charge is 0.494 e. The highest BCUT2D eigenvalue weighted by atomic mass is 16.7. The predicted octanol–water partition coefficient (Wildman–Crippen LogP) is 1.99. The molecule has 1 aromatic rings. The molecule has 1 fully saturated rings. The summed E-state index contributed by atoms with van der Waals surface area (Å²) in [5.41, 5.74) is 0.0402. The Hall–Kier alpha value is -0.995. The summed E-state index contributed by atoms with van der Waals surface area (Å²) in [7, 11) is -2.90. The Morgan fingerprint density at radius 2 is 1.59 bits per heavy atom. The summed E-state index contributed by atoms with van der Waals surface area (Å²) in [5.74, 6) is 0.297. The molecule has 92 valence electrons. The fourth-order valence-corrected chi connectivity index (χ4v) is 1.67. The lowest BCUT2D eigenvalue weighted by Crippen LogP contribution is -2.41. The van der Waals surface area contributed by atoms with E-state index in [0.29, 0.717) is 5.75 Å². The van der Waals surface area contributed by atoms with E-state index in [1.807, 2.05) is 27.7 Å². The summed E-state index contributed by atoms with van der Waals surface area (Å²) in [6, 6.07) is 6.71. The standard InChI is InChI=1S/C13H19BO3/c1-12(2)13(3,4)17-14(16-12)10-6-8-11(15-5)9-7-10/h6-9H,1-5H3/i5D3. The zero-order valence-corrected chi connectivity index (χ0v) is 10.6. The minimum Gasteiger partial charge on any atom is -0.497 e. The second-order valence-corrected chi connectivity index (χ2v) is 5.26. The van der Waals surface area contributed by atoms with E-state index >= 15 is 0 Å². The molecule has 0 N–H and O–H groups in total. The van der Waals surface area contributed by atoms with Crippen molar-refractivity contribution in [3.63, 3.8) is 0 Å². The van der Waals surface area contributed by atoms with E-state index in [0.717, 1.165) is 5.46 Å². The summed E-state index contributed by atoms with van der Waals surface area (Å²) in [6.45, 7) is 7.94. The van der Waals surface area contributed by atoms with Gasteiger partial charge in [0, 0.05) is 0 Å². The fraction of sp³-hybridized carbons (Fsp3) is 0.538. The minimum atomic E-state index is -2.44. The maximum Gasteiger partial charge on any atom is 0.494 e. The maximum absolute atomic E-state index is 7.06. The molecule has 3 nitrogen and oxygen atoms in total. The largest absolute Gasteiger partial charge is 0.497 e. The molecule has 1 saturated heterocycles. The molecule has 0 amide bonds. The second kappa shape index (κ2) is 4.04. The number of ether oxygens (including phenoxy) is 1. The summed E-state index contributed by atoms with van der Waals surface area (Å²) >= 11 is 0. The van der Waals surface area contributed by atoms with Crippen LogP contribution in [-0.2, 0) is 9.31 Å². The molecule has 0 aromatic heterocycles. The highest BCUT2D eigenvalue weighted by Crippen LogP contribution is 2.36. The van der Waals surface area contributed by atoms with Gasteiger partial charge in [0.15, 0.2) is 0 Å². The molecular weight excluding hydrogens is 215 g/mol. The van der Waals surface area contributed by atoms with Crippen molar-refractivity contribution < 1.29 is 18.2 Å². The van der Waals surface area contributed by atoms with Crippen molar-refractivity contribution in [2.45, 2.75) is 38.9 Å². The molecule has 1 heterocycles. The summed E-state index contributed by atoms with van der Waals surface area (Å²) in [5, 5.41) is 0. The first-order chi connectivity index (χ1) is 9.00. The van der Waals surface area contributed by atoms with Gasteiger partial charge in [0.1, 0.15) is 5.75 Å². The molecule has 1 aromatic carbocycles. The zero-order valence-electron chi connectivity index (χ0n) is 13.6. The van der Waals surface area contributed by atoms with Gasteiger partial charge in [-0.25, -0.2) is 0 Å². The van der Waals surface area contributed by atoms with Gasteiger partial charge in [0.2, 0.25) is 0 Å². The van der Waals surface area contributed by atoms with Crippen molar-refractivity contribution in [1.82, 2.24) is 0 Å². The number of hydrogen-bond donors (Lipinski definition) is 0. The number of benzene rings is 1. The third-order valence-electron chi connectivity index (χ3n) is 3.52.